The van der Waals surface area contributed by atoms with E-state index in [9.17, 15) is 13.2 Å². The van der Waals surface area contributed by atoms with Crippen LogP contribution in [0.5, 0.6) is 0 Å². The molecule has 0 spiro atoms. The van der Waals surface area contributed by atoms with Crippen molar-refractivity contribution in [3.05, 3.63) is 64.7 Å². The van der Waals surface area contributed by atoms with Gasteiger partial charge in [0.2, 0.25) is 15.9 Å². The molecule has 0 aromatic heterocycles. The van der Waals surface area contributed by atoms with Crippen molar-refractivity contribution in [2.45, 2.75) is 32.9 Å². The third kappa shape index (κ3) is 5.22. The van der Waals surface area contributed by atoms with Crippen LogP contribution in [-0.2, 0) is 21.4 Å². The van der Waals surface area contributed by atoms with Gasteiger partial charge in [-0.3, -0.25) is 9.10 Å². The normalized spacial score (nSPS) is 12.5. The molecular weight excluding hydrogens is 372 g/mol. The van der Waals surface area contributed by atoms with Crippen molar-refractivity contribution < 1.29 is 13.2 Å². The third-order valence-electron chi connectivity index (χ3n) is 4.00. The first kappa shape index (κ1) is 20.3. The molecule has 1 N–H and O–H groups in total. The minimum Gasteiger partial charge on any atom is -0.350 e. The summed E-state index contributed by atoms with van der Waals surface area (Å²) in [7, 11) is -3.62. The maximum absolute atomic E-state index is 12.7. The summed E-state index contributed by atoms with van der Waals surface area (Å²) in [6.45, 7) is 4.02. The molecule has 2 rings (SSSR count). The van der Waals surface area contributed by atoms with E-state index in [-0.39, 0.29) is 5.91 Å². The van der Waals surface area contributed by atoms with E-state index in [0.29, 0.717) is 23.7 Å². The Labute approximate surface area is 160 Å². The highest BCUT2D eigenvalue weighted by Crippen LogP contribution is 2.23. The molecule has 2 aromatic carbocycles. The summed E-state index contributed by atoms with van der Waals surface area (Å²) in [4.78, 5) is 12.7. The van der Waals surface area contributed by atoms with E-state index in [2.05, 4.69) is 5.32 Å². The van der Waals surface area contributed by atoms with Crippen molar-refractivity contribution in [3.8, 4) is 0 Å². The maximum atomic E-state index is 12.7. The summed E-state index contributed by atoms with van der Waals surface area (Å²) < 4.78 is 25.9. The number of aryl methyl sites for hydroxylation is 1. The monoisotopic (exact) mass is 394 g/mol. The molecule has 1 amide bonds. The van der Waals surface area contributed by atoms with E-state index < -0.39 is 16.1 Å². The fourth-order valence-electron chi connectivity index (χ4n) is 2.66. The van der Waals surface area contributed by atoms with E-state index in [0.717, 1.165) is 17.4 Å². The fraction of sp³-hybridized carbons (Fsp3) is 0.316. The van der Waals surface area contributed by atoms with Gasteiger partial charge in [0, 0.05) is 11.6 Å². The van der Waals surface area contributed by atoms with Crippen LogP contribution in [-0.4, -0.2) is 26.6 Å². The molecule has 0 bridgehead atoms. The first-order chi connectivity index (χ1) is 12.2. The van der Waals surface area contributed by atoms with Gasteiger partial charge in [0.25, 0.3) is 0 Å². The fourth-order valence-corrected chi connectivity index (χ4v) is 4.00. The van der Waals surface area contributed by atoms with Crippen molar-refractivity contribution in [1.82, 2.24) is 5.32 Å². The Morgan fingerprint density at radius 1 is 1.12 bits per heavy atom. The van der Waals surface area contributed by atoms with Crippen molar-refractivity contribution in [2.24, 2.45) is 0 Å². The Morgan fingerprint density at radius 2 is 1.69 bits per heavy atom. The van der Waals surface area contributed by atoms with Crippen LogP contribution in [0.3, 0.4) is 0 Å². The van der Waals surface area contributed by atoms with Gasteiger partial charge < -0.3 is 5.32 Å². The Balaban J connectivity index is 2.22. The van der Waals surface area contributed by atoms with E-state index in [1.54, 1.807) is 31.2 Å². The van der Waals surface area contributed by atoms with Crippen LogP contribution in [0, 0.1) is 6.92 Å². The number of hydrogen-bond acceptors (Lipinski definition) is 3. The Hall–Kier alpha value is -2.05. The van der Waals surface area contributed by atoms with Crippen molar-refractivity contribution in [1.29, 1.82) is 0 Å². The molecular formula is C19H23ClN2O3S. The summed E-state index contributed by atoms with van der Waals surface area (Å²) in [6.07, 6.45) is 1.47. The van der Waals surface area contributed by atoms with Gasteiger partial charge in [-0.25, -0.2) is 8.42 Å². The van der Waals surface area contributed by atoms with Crippen LogP contribution in [0.25, 0.3) is 0 Å². The van der Waals surface area contributed by atoms with Gasteiger partial charge in [-0.1, -0.05) is 48.4 Å². The summed E-state index contributed by atoms with van der Waals surface area (Å²) in [5.41, 5.74) is 2.38. The van der Waals surface area contributed by atoms with Gasteiger partial charge in [-0.05, 0) is 43.2 Å². The number of nitrogens with zero attached hydrogens (tertiary/aromatic N) is 1. The maximum Gasteiger partial charge on any atom is 0.244 e. The van der Waals surface area contributed by atoms with Crippen LogP contribution < -0.4 is 9.62 Å². The molecule has 2 aromatic rings. The molecule has 0 saturated carbocycles. The number of nitrogens with one attached hydrogen (secondary N) is 1. The molecule has 0 saturated heterocycles. The lowest BCUT2D eigenvalue weighted by atomic mass is 10.1. The lowest BCUT2D eigenvalue weighted by molar-refractivity contribution is -0.122. The highest BCUT2D eigenvalue weighted by molar-refractivity contribution is 7.92. The molecule has 0 heterocycles. The first-order valence-electron chi connectivity index (χ1n) is 8.30. The van der Waals surface area contributed by atoms with Gasteiger partial charge >= 0.3 is 0 Å². The van der Waals surface area contributed by atoms with Crippen LogP contribution in [0.2, 0.25) is 5.02 Å². The zero-order valence-electron chi connectivity index (χ0n) is 15.1. The minimum atomic E-state index is -3.62. The zero-order valence-corrected chi connectivity index (χ0v) is 16.6. The van der Waals surface area contributed by atoms with Crippen LogP contribution >= 0.6 is 11.6 Å². The predicted octanol–water partition coefficient (Wildman–Crippen LogP) is 3.51. The second kappa shape index (κ2) is 8.56. The Morgan fingerprint density at radius 3 is 2.19 bits per heavy atom. The van der Waals surface area contributed by atoms with Crippen LogP contribution in [0.4, 0.5) is 5.69 Å². The van der Waals surface area contributed by atoms with E-state index in [4.69, 9.17) is 11.6 Å². The van der Waals surface area contributed by atoms with Crippen molar-refractivity contribution in [3.63, 3.8) is 0 Å². The topological polar surface area (TPSA) is 66.5 Å². The number of carbonyl (C=O) groups excluding carboxylic acids is 1. The van der Waals surface area contributed by atoms with Crippen molar-refractivity contribution in [2.75, 3.05) is 10.6 Å². The average Bonchev–Trinajstić information content (AvgIpc) is 2.59. The summed E-state index contributed by atoms with van der Waals surface area (Å²) in [5, 5.41) is 3.43. The molecule has 0 fully saturated rings. The standard InChI is InChI=1S/C19H23ClN2O3S/c1-4-18(19(23)21-13-15-7-9-16(20)10-8-15)22(26(3,24)25)17-11-5-14(2)6-12-17/h5-12,18H,4,13H2,1-3H3,(H,21,23)/t18-/m0/s1. The lowest BCUT2D eigenvalue weighted by Gasteiger charge is -2.30. The van der Waals surface area contributed by atoms with Gasteiger partial charge in [0.15, 0.2) is 0 Å². The Kier molecular flexibility index (Phi) is 6.67. The number of hydrogen-bond donors (Lipinski definition) is 1. The summed E-state index contributed by atoms with van der Waals surface area (Å²) in [6, 6.07) is 13.4. The smallest absolute Gasteiger partial charge is 0.244 e. The minimum absolute atomic E-state index is 0.304. The Bertz CT molecular complexity index is 849. The number of benzene rings is 2. The van der Waals surface area contributed by atoms with E-state index in [1.807, 2.05) is 31.2 Å². The molecule has 1 atom stereocenters. The molecule has 140 valence electrons. The van der Waals surface area contributed by atoms with Crippen LogP contribution in [0.1, 0.15) is 24.5 Å². The van der Waals surface area contributed by atoms with E-state index >= 15 is 0 Å². The van der Waals surface area contributed by atoms with Gasteiger partial charge in [-0.15, -0.1) is 0 Å². The largest absolute Gasteiger partial charge is 0.350 e. The third-order valence-corrected chi connectivity index (χ3v) is 5.43. The van der Waals surface area contributed by atoms with Gasteiger partial charge in [-0.2, -0.15) is 0 Å². The number of amides is 1. The quantitative estimate of drug-likeness (QED) is 0.781. The second-order valence-corrected chi connectivity index (χ2v) is 8.46. The predicted molar refractivity (Wildman–Crippen MR) is 106 cm³/mol. The molecule has 0 aliphatic heterocycles. The highest BCUT2D eigenvalue weighted by Gasteiger charge is 2.31. The lowest BCUT2D eigenvalue weighted by Crippen LogP contribution is -2.49. The molecule has 0 aliphatic rings. The van der Waals surface area contributed by atoms with Gasteiger partial charge in [0.05, 0.1) is 11.9 Å². The second-order valence-electron chi connectivity index (χ2n) is 6.16. The molecule has 0 aliphatic carbocycles. The SMILES string of the molecule is CC[C@@H](C(=O)NCc1ccc(Cl)cc1)N(c1ccc(C)cc1)S(C)(=O)=O. The van der Waals surface area contributed by atoms with Crippen LogP contribution in [0.15, 0.2) is 48.5 Å². The molecule has 7 heteroatoms. The molecule has 26 heavy (non-hydrogen) atoms. The van der Waals surface area contributed by atoms with Gasteiger partial charge in [0.1, 0.15) is 6.04 Å². The first-order valence-corrected chi connectivity index (χ1v) is 10.5. The summed E-state index contributed by atoms with van der Waals surface area (Å²) in [5.74, 6) is -0.339. The summed E-state index contributed by atoms with van der Waals surface area (Å²) >= 11 is 5.86. The van der Waals surface area contributed by atoms with Crippen molar-refractivity contribution >= 4 is 33.2 Å². The molecule has 5 nitrogen and oxygen atoms in total. The average molecular weight is 395 g/mol. The molecule has 0 unspecified atom stereocenters. The highest BCUT2D eigenvalue weighted by atomic mass is 35.5. The number of carbonyl (C=O) groups is 1. The zero-order chi connectivity index (χ0) is 19.3. The number of halogens is 1. The number of anilines is 1. The molecule has 0 radical (unpaired) electrons. The van der Waals surface area contributed by atoms with E-state index in [1.165, 1.54) is 4.31 Å². The number of rotatable bonds is 7. The number of sulfonamides is 1.